The number of hydrogen-bond acceptors (Lipinski definition) is 3. The quantitative estimate of drug-likeness (QED) is 0.888. The molecule has 0 aliphatic rings. The van der Waals surface area contributed by atoms with Crippen molar-refractivity contribution in [3.63, 3.8) is 0 Å². The third-order valence-electron chi connectivity index (χ3n) is 2.33. The normalized spacial score (nSPS) is 10.7. The van der Waals surface area contributed by atoms with Crippen LogP contribution in [0.4, 0.5) is 0 Å². The van der Waals surface area contributed by atoms with Gasteiger partial charge in [0.1, 0.15) is 0 Å². The minimum absolute atomic E-state index is 0.137. The Balaban J connectivity index is 2.20. The molecule has 0 aliphatic heterocycles. The molecule has 84 valence electrons. The maximum atomic E-state index is 9.01. The number of benzene rings is 1. The molecule has 2 rings (SSSR count). The molecule has 3 heteroatoms. The van der Waals surface area contributed by atoms with Crippen LogP contribution >= 0.6 is 23.1 Å². The Labute approximate surface area is 104 Å². The van der Waals surface area contributed by atoms with Crippen molar-refractivity contribution < 1.29 is 5.11 Å². The Hall–Kier alpha value is -0.770. The monoisotopic (exact) mass is 250 g/mol. The third kappa shape index (κ3) is 2.67. The Bertz CT molecular complexity index is 488. The molecule has 2 aromatic rings. The van der Waals surface area contributed by atoms with Crippen molar-refractivity contribution in [3.05, 3.63) is 46.3 Å². The number of thiophene rings is 1. The minimum atomic E-state index is 0.137. The van der Waals surface area contributed by atoms with Crippen LogP contribution in [0, 0.1) is 13.8 Å². The van der Waals surface area contributed by atoms with Crippen LogP contribution in [0.15, 0.2) is 39.4 Å². The molecule has 0 bridgehead atoms. The molecule has 0 saturated heterocycles. The van der Waals surface area contributed by atoms with Crippen LogP contribution in [0.5, 0.6) is 0 Å². The average Bonchev–Trinajstić information content (AvgIpc) is 2.70. The first kappa shape index (κ1) is 11.7. The zero-order chi connectivity index (χ0) is 11.5. The second kappa shape index (κ2) is 5.04. The van der Waals surface area contributed by atoms with Crippen LogP contribution in [0.3, 0.4) is 0 Å². The third-order valence-corrected chi connectivity index (χ3v) is 4.71. The summed E-state index contributed by atoms with van der Waals surface area (Å²) >= 11 is 3.42. The van der Waals surface area contributed by atoms with E-state index in [2.05, 4.69) is 38.1 Å². The summed E-state index contributed by atoms with van der Waals surface area (Å²) in [5.41, 5.74) is 2.60. The summed E-state index contributed by atoms with van der Waals surface area (Å²) in [4.78, 5) is 2.31. The Kier molecular flexibility index (Phi) is 3.69. The number of hydrogen-bond donors (Lipinski definition) is 1. The molecule has 1 N–H and O–H groups in total. The highest BCUT2D eigenvalue weighted by Crippen LogP contribution is 2.35. The summed E-state index contributed by atoms with van der Waals surface area (Å²) in [5, 5.41) is 9.01. The van der Waals surface area contributed by atoms with Crippen LogP contribution < -0.4 is 0 Å². The van der Waals surface area contributed by atoms with E-state index in [-0.39, 0.29) is 6.61 Å². The lowest BCUT2D eigenvalue weighted by Crippen LogP contribution is -1.80. The molecular weight excluding hydrogens is 236 g/mol. The first-order chi connectivity index (χ1) is 7.69. The molecule has 0 radical (unpaired) electrons. The highest BCUT2D eigenvalue weighted by molar-refractivity contribution is 8.01. The molecule has 0 atom stereocenters. The highest BCUT2D eigenvalue weighted by atomic mass is 32.2. The van der Waals surface area contributed by atoms with Crippen molar-refractivity contribution in [1.29, 1.82) is 0 Å². The molecule has 1 heterocycles. The molecule has 0 aliphatic carbocycles. The van der Waals surface area contributed by atoms with Crippen molar-refractivity contribution in [2.24, 2.45) is 0 Å². The second-order valence-electron chi connectivity index (χ2n) is 3.75. The fourth-order valence-electron chi connectivity index (χ4n) is 1.52. The van der Waals surface area contributed by atoms with Crippen molar-refractivity contribution in [2.75, 3.05) is 0 Å². The fraction of sp³-hybridized carbons (Fsp3) is 0.231. The number of aryl methyl sites for hydroxylation is 2. The Morgan fingerprint density at radius 3 is 2.62 bits per heavy atom. The predicted octanol–water partition coefficient (Wildman–Crippen LogP) is 4.01. The van der Waals surface area contributed by atoms with Gasteiger partial charge in [-0.25, -0.2) is 0 Å². The highest BCUT2D eigenvalue weighted by Gasteiger charge is 2.04. The van der Waals surface area contributed by atoms with Crippen molar-refractivity contribution in [3.8, 4) is 0 Å². The molecule has 0 amide bonds. The maximum absolute atomic E-state index is 9.01. The van der Waals surface area contributed by atoms with Crippen LogP contribution in [-0.2, 0) is 6.61 Å². The summed E-state index contributed by atoms with van der Waals surface area (Å²) in [6, 6.07) is 10.5. The van der Waals surface area contributed by atoms with Gasteiger partial charge in [-0.1, -0.05) is 29.5 Å². The van der Waals surface area contributed by atoms with Gasteiger partial charge in [-0.05, 0) is 37.6 Å². The zero-order valence-corrected chi connectivity index (χ0v) is 11.0. The van der Waals surface area contributed by atoms with E-state index in [4.69, 9.17) is 5.11 Å². The molecule has 0 unspecified atom stereocenters. The summed E-state index contributed by atoms with van der Waals surface area (Å²) < 4.78 is 1.23. The first-order valence-electron chi connectivity index (χ1n) is 5.13. The van der Waals surface area contributed by atoms with E-state index in [9.17, 15) is 0 Å². The van der Waals surface area contributed by atoms with Crippen LogP contribution in [0.2, 0.25) is 0 Å². The lowest BCUT2D eigenvalue weighted by molar-refractivity contribution is 0.285. The molecule has 0 saturated carbocycles. The smallest absolute Gasteiger partial charge is 0.0774 e. The SMILES string of the molecule is Cc1ccc(Sc2ccc(CO)s2)c(C)c1. The molecule has 1 nitrogen and oxygen atoms in total. The largest absolute Gasteiger partial charge is 0.391 e. The van der Waals surface area contributed by atoms with Gasteiger partial charge < -0.3 is 5.11 Å². The van der Waals surface area contributed by atoms with Gasteiger partial charge >= 0.3 is 0 Å². The van der Waals surface area contributed by atoms with Gasteiger partial charge in [-0.3, -0.25) is 0 Å². The van der Waals surface area contributed by atoms with Crippen molar-refractivity contribution in [1.82, 2.24) is 0 Å². The standard InChI is InChI=1S/C13H14OS2/c1-9-3-5-12(10(2)7-9)16-13-6-4-11(8-14)15-13/h3-7,14H,8H2,1-2H3. The van der Waals surface area contributed by atoms with Crippen LogP contribution in [0.25, 0.3) is 0 Å². The predicted molar refractivity (Wildman–Crippen MR) is 70.3 cm³/mol. The summed E-state index contributed by atoms with van der Waals surface area (Å²) in [7, 11) is 0. The van der Waals surface area contributed by atoms with Crippen LogP contribution in [-0.4, -0.2) is 5.11 Å². The minimum Gasteiger partial charge on any atom is -0.391 e. The summed E-state index contributed by atoms with van der Waals surface area (Å²) in [5.74, 6) is 0. The second-order valence-corrected chi connectivity index (χ2v) is 6.26. The molecule has 1 aromatic carbocycles. The molecule has 0 spiro atoms. The van der Waals surface area contributed by atoms with Gasteiger partial charge in [-0.15, -0.1) is 11.3 Å². The summed E-state index contributed by atoms with van der Waals surface area (Å²) in [6.07, 6.45) is 0. The van der Waals surface area contributed by atoms with Gasteiger partial charge in [0.05, 0.1) is 10.8 Å². The fourth-order valence-corrected chi connectivity index (χ4v) is 3.58. The van der Waals surface area contributed by atoms with Crippen molar-refractivity contribution in [2.45, 2.75) is 29.6 Å². The lowest BCUT2D eigenvalue weighted by atomic mass is 10.2. The zero-order valence-electron chi connectivity index (χ0n) is 9.36. The first-order valence-corrected chi connectivity index (χ1v) is 6.77. The van der Waals surface area contributed by atoms with E-state index in [1.54, 1.807) is 23.1 Å². The van der Waals surface area contributed by atoms with Gasteiger partial charge in [0.15, 0.2) is 0 Å². The summed E-state index contributed by atoms with van der Waals surface area (Å²) in [6.45, 7) is 4.38. The van der Waals surface area contributed by atoms with Crippen molar-refractivity contribution >= 4 is 23.1 Å². The van der Waals surface area contributed by atoms with Gasteiger partial charge in [-0.2, -0.15) is 0 Å². The van der Waals surface area contributed by atoms with E-state index in [0.717, 1.165) is 4.88 Å². The van der Waals surface area contributed by atoms with Gasteiger partial charge in [0.2, 0.25) is 0 Å². The van der Waals surface area contributed by atoms with Gasteiger partial charge in [0.25, 0.3) is 0 Å². The van der Waals surface area contributed by atoms with E-state index >= 15 is 0 Å². The van der Waals surface area contributed by atoms with E-state index in [0.29, 0.717) is 0 Å². The van der Waals surface area contributed by atoms with Gasteiger partial charge in [0, 0.05) is 9.77 Å². The maximum Gasteiger partial charge on any atom is 0.0774 e. The Morgan fingerprint density at radius 1 is 1.19 bits per heavy atom. The Morgan fingerprint density at radius 2 is 2.00 bits per heavy atom. The lowest BCUT2D eigenvalue weighted by Gasteiger charge is -2.04. The molecule has 0 fully saturated rings. The van der Waals surface area contributed by atoms with Crippen LogP contribution in [0.1, 0.15) is 16.0 Å². The van der Waals surface area contributed by atoms with E-state index in [1.807, 2.05) is 6.07 Å². The number of rotatable bonds is 3. The van der Waals surface area contributed by atoms with E-state index in [1.165, 1.54) is 20.2 Å². The molecule has 16 heavy (non-hydrogen) atoms. The molecule has 1 aromatic heterocycles. The number of aliphatic hydroxyl groups excluding tert-OH is 1. The topological polar surface area (TPSA) is 20.2 Å². The van der Waals surface area contributed by atoms with E-state index < -0.39 is 0 Å². The number of aliphatic hydroxyl groups is 1. The average molecular weight is 250 g/mol. The molecular formula is C13H14OS2.